The van der Waals surface area contributed by atoms with E-state index in [0.29, 0.717) is 0 Å². The smallest absolute Gasteiger partial charge is 0.354 e. The second-order valence-electron chi connectivity index (χ2n) is 2.81. The van der Waals surface area contributed by atoms with E-state index in [1.807, 2.05) is 0 Å². The predicted molar refractivity (Wildman–Crippen MR) is 38.0 cm³/mol. The highest BCUT2D eigenvalue weighted by Crippen LogP contribution is 2.25. The lowest BCUT2D eigenvalue weighted by Crippen LogP contribution is -2.54. The van der Waals surface area contributed by atoms with Crippen molar-refractivity contribution in [2.75, 3.05) is 6.54 Å². The lowest BCUT2D eigenvalue weighted by Gasteiger charge is -2.30. The van der Waals surface area contributed by atoms with Crippen molar-refractivity contribution in [3.05, 3.63) is 0 Å². The Balaban J connectivity index is 2.60. The van der Waals surface area contributed by atoms with Gasteiger partial charge < -0.3 is 10.1 Å². The molecule has 1 N–H and O–H groups in total. The molecule has 1 amide bonds. The van der Waals surface area contributed by atoms with Crippen LogP contribution in [0.5, 0.6) is 0 Å². The molecule has 0 radical (unpaired) electrons. The Hall–Kier alpha value is -0.780. The number of alkyl halides is 3. The second-order valence-corrected chi connectivity index (χ2v) is 2.81. The van der Waals surface area contributed by atoms with Crippen molar-refractivity contribution < 1.29 is 22.7 Å². The van der Waals surface area contributed by atoms with E-state index in [-0.39, 0.29) is 6.42 Å². The third kappa shape index (κ3) is 2.33. The van der Waals surface area contributed by atoms with Crippen LogP contribution in [-0.2, 0) is 9.53 Å². The van der Waals surface area contributed by atoms with Crippen LogP contribution >= 0.6 is 0 Å². The highest BCUT2D eigenvalue weighted by Gasteiger charge is 2.45. The molecular weight excluding hydrogens is 187 g/mol. The molecule has 0 aromatic heterocycles. The van der Waals surface area contributed by atoms with Gasteiger partial charge in [-0.15, -0.1) is 0 Å². The first kappa shape index (κ1) is 10.3. The topological polar surface area (TPSA) is 38.3 Å². The number of carbonyl (C=O) groups excluding carboxylic acids is 1. The van der Waals surface area contributed by atoms with E-state index in [0.717, 1.165) is 0 Å². The first-order valence-corrected chi connectivity index (χ1v) is 3.95. The maximum atomic E-state index is 12.1. The number of hydrogen-bond donors (Lipinski definition) is 1. The summed E-state index contributed by atoms with van der Waals surface area (Å²) in [5.74, 6) is -0.469. The van der Waals surface area contributed by atoms with E-state index in [4.69, 9.17) is 0 Å². The van der Waals surface area contributed by atoms with Gasteiger partial charge in [-0.1, -0.05) is 6.92 Å². The summed E-state index contributed by atoms with van der Waals surface area (Å²) >= 11 is 0. The van der Waals surface area contributed by atoms with Gasteiger partial charge in [0.05, 0.1) is 6.54 Å². The molecule has 0 aliphatic carbocycles. The van der Waals surface area contributed by atoms with Gasteiger partial charge in [0.25, 0.3) is 0 Å². The zero-order chi connectivity index (χ0) is 10.1. The molecule has 0 aromatic rings. The summed E-state index contributed by atoms with van der Waals surface area (Å²) in [5.41, 5.74) is 0. The summed E-state index contributed by atoms with van der Waals surface area (Å²) in [6, 6.07) is 0. The van der Waals surface area contributed by atoms with Crippen molar-refractivity contribution in [2.24, 2.45) is 0 Å². The average Bonchev–Trinajstić information content (AvgIpc) is 2.03. The molecule has 2 atom stereocenters. The maximum Gasteiger partial charge on any atom is 0.416 e. The van der Waals surface area contributed by atoms with Crippen molar-refractivity contribution in [3.8, 4) is 0 Å². The Labute approximate surface area is 73.2 Å². The Morgan fingerprint density at radius 3 is 2.69 bits per heavy atom. The fraction of sp³-hybridized carbons (Fsp3) is 0.857. The first-order chi connectivity index (χ1) is 5.95. The largest absolute Gasteiger partial charge is 0.416 e. The van der Waals surface area contributed by atoms with E-state index < -0.39 is 30.8 Å². The number of rotatable bonds is 1. The Kier molecular flexibility index (Phi) is 2.80. The van der Waals surface area contributed by atoms with Crippen LogP contribution in [0.1, 0.15) is 13.3 Å². The molecular formula is C7H10F3NO2. The SMILES string of the molecule is CC[C@@H]1O[C@@H](C(F)(F)F)CNC1=O. The number of nitrogens with one attached hydrogen (secondary N) is 1. The van der Waals surface area contributed by atoms with Crippen LogP contribution in [0.15, 0.2) is 0 Å². The minimum absolute atomic E-state index is 0.248. The average molecular weight is 197 g/mol. The van der Waals surface area contributed by atoms with E-state index in [9.17, 15) is 18.0 Å². The van der Waals surface area contributed by atoms with Crippen LogP contribution in [-0.4, -0.2) is 30.8 Å². The Morgan fingerprint density at radius 2 is 2.23 bits per heavy atom. The summed E-state index contributed by atoms with van der Waals surface area (Å²) < 4.78 is 40.9. The number of ether oxygens (including phenoxy) is 1. The van der Waals surface area contributed by atoms with E-state index in [1.165, 1.54) is 0 Å². The van der Waals surface area contributed by atoms with E-state index >= 15 is 0 Å². The third-order valence-electron chi connectivity index (χ3n) is 1.82. The molecule has 0 aromatic carbocycles. The number of halogens is 3. The van der Waals surface area contributed by atoms with Crippen molar-refractivity contribution in [1.82, 2.24) is 5.32 Å². The fourth-order valence-corrected chi connectivity index (χ4v) is 1.09. The van der Waals surface area contributed by atoms with Crippen molar-refractivity contribution in [2.45, 2.75) is 31.7 Å². The summed E-state index contributed by atoms with van der Waals surface area (Å²) in [6.07, 6.45) is -6.99. The molecule has 1 saturated heterocycles. The Morgan fingerprint density at radius 1 is 1.62 bits per heavy atom. The molecule has 6 heteroatoms. The van der Waals surface area contributed by atoms with Crippen LogP contribution in [0.3, 0.4) is 0 Å². The maximum absolute atomic E-state index is 12.1. The molecule has 1 fully saturated rings. The summed E-state index contributed by atoms with van der Waals surface area (Å²) in [7, 11) is 0. The molecule has 3 nitrogen and oxygen atoms in total. The van der Waals surface area contributed by atoms with Crippen molar-refractivity contribution in [3.63, 3.8) is 0 Å². The fourth-order valence-electron chi connectivity index (χ4n) is 1.09. The molecule has 0 spiro atoms. The van der Waals surface area contributed by atoms with Crippen LogP contribution in [0, 0.1) is 0 Å². The van der Waals surface area contributed by atoms with Gasteiger partial charge in [0, 0.05) is 0 Å². The van der Waals surface area contributed by atoms with Crippen molar-refractivity contribution >= 4 is 5.91 Å². The summed E-state index contributed by atoms with van der Waals surface area (Å²) in [5, 5.41) is 2.16. The van der Waals surface area contributed by atoms with Gasteiger partial charge in [-0.25, -0.2) is 0 Å². The molecule has 0 bridgehead atoms. The Bertz CT molecular complexity index is 204. The first-order valence-electron chi connectivity index (χ1n) is 3.95. The van der Waals surface area contributed by atoms with Gasteiger partial charge >= 0.3 is 6.18 Å². The predicted octanol–water partition coefficient (Wildman–Crippen LogP) is 0.842. The lowest BCUT2D eigenvalue weighted by atomic mass is 10.2. The highest BCUT2D eigenvalue weighted by molar-refractivity contribution is 5.81. The van der Waals surface area contributed by atoms with Gasteiger partial charge in [-0.3, -0.25) is 4.79 Å². The zero-order valence-electron chi connectivity index (χ0n) is 7.02. The molecule has 76 valence electrons. The minimum atomic E-state index is -4.40. The van der Waals surface area contributed by atoms with Crippen LogP contribution in [0.2, 0.25) is 0 Å². The van der Waals surface area contributed by atoms with Crippen LogP contribution < -0.4 is 5.32 Å². The number of carbonyl (C=O) groups is 1. The number of morpholine rings is 1. The van der Waals surface area contributed by atoms with Crippen molar-refractivity contribution in [1.29, 1.82) is 0 Å². The molecule has 0 saturated carbocycles. The monoisotopic (exact) mass is 197 g/mol. The molecule has 13 heavy (non-hydrogen) atoms. The van der Waals surface area contributed by atoms with Crippen LogP contribution in [0.25, 0.3) is 0 Å². The minimum Gasteiger partial charge on any atom is -0.354 e. The quantitative estimate of drug-likeness (QED) is 0.676. The van der Waals surface area contributed by atoms with Gasteiger partial charge in [0.1, 0.15) is 6.10 Å². The van der Waals surface area contributed by atoms with Gasteiger partial charge in [-0.2, -0.15) is 13.2 Å². The van der Waals surface area contributed by atoms with Gasteiger partial charge in [-0.05, 0) is 6.42 Å². The normalized spacial score (nSPS) is 30.0. The molecule has 1 aliphatic heterocycles. The molecule has 1 rings (SSSR count). The zero-order valence-corrected chi connectivity index (χ0v) is 7.02. The standard InChI is InChI=1S/C7H10F3NO2/c1-2-4-6(12)11-3-5(13-4)7(8,9)10/h4-5H,2-3H2,1H3,(H,11,12)/t4-,5+/m0/s1. The third-order valence-corrected chi connectivity index (χ3v) is 1.82. The molecule has 0 unspecified atom stereocenters. The number of amides is 1. The summed E-state index contributed by atoms with van der Waals surface area (Å²) in [6.45, 7) is 1.11. The lowest BCUT2D eigenvalue weighted by molar-refractivity contribution is -0.237. The van der Waals surface area contributed by atoms with Crippen LogP contribution in [0.4, 0.5) is 13.2 Å². The summed E-state index contributed by atoms with van der Waals surface area (Å²) in [4.78, 5) is 10.9. The van der Waals surface area contributed by atoms with Gasteiger partial charge in [0.2, 0.25) is 5.91 Å². The molecule has 1 heterocycles. The van der Waals surface area contributed by atoms with E-state index in [1.54, 1.807) is 6.92 Å². The highest BCUT2D eigenvalue weighted by atomic mass is 19.4. The van der Waals surface area contributed by atoms with E-state index in [2.05, 4.69) is 10.1 Å². The second kappa shape index (κ2) is 3.53. The molecule has 1 aliphatic rings. The number of hydrogen-bond acceptors (Lipinski definition) is 2. The van der Waals surface area contributed by atoms with Gasteiger partial charge in [0.15, 0.2) is 6.10 Å².